The molecule has 1 amide bonds. The predicted molar refractivity (Wildman–Crippen MR) is 126 cm³/mol. The Kier molecular flexibility index (Phi) is 6.78. The van der Waals surface area contributed by atoms with Crippen LogP contribution in [0, 0.1) is 17.8 Å². The Balaban J connectivity index is 1.81. The number of fused-ring (bicyclic) bond motifs is 3. The number of nitrogens with one attached hydrogen (secondary N) is 1. The smallest absolute Gasteiger partial charge is 0.255 e. The lowest BCUT2D eigenvalue weighted by Gasteiger charge is -2.41. The number of nitrogens with zero attached hydrogens (tertiary/aromatic N) is 1. The van der Waals surface area contributed by atoms with Crippen LogP contribution in [0.15, 0.2) is 28.7 Å². The van der Waals surface area contributed by atoms with Crippen LogP contribution in [0.25, 0.3) is 0 Å². The number of aliphatic hydroxyl groups is 2. The third-order valence-corrected chi connectivity index (χ3v) is 7.38. The lowest BCUT2D eigenvalue weighted by Crippen LogP contribution is -2.43. The quantitative estimate of drug-likeness (QED) is 0.353. The fourth-order valence-electron chi connectivity index (χ4n) is 5.68. The number of primary amides is 1. The number of aromatic hydroxyl groups is 1. The Morgan fingerprint density at radius 3 is 2.44 bits per heavy atom. The zero-order chi connectivity index (χ0) is 26.5. The van der Waals surface area contributed by atoms with Crippen LogP contribution in [0.2, 0.25) is 0 Å². The summed E-state index contributed by atoms with van der Waals surface area (Å²) in [5.41, 5.74) is 6.06. The second kappa shape index (κ2) is 9.53. The number of amides is 1. The molecule has 0 bridgehead atoms. The van der Waals surface area contributed by atoms with E-state index in [0.717, 1.165) is 0 Å². The molecule has 1 aromatic carbocycles. The molecule has 3 aliphatic rings. The van der Waals surface area contributed by atoms with Crippen molar-refractivity contribution in [3.05, 3.63) is 45.4 Å². The van der Waals surface area contributed by atoms with E-state index in [2.05, 4.69) is 5.32 Å². The molecule has 0 saturated carbocycles. The number of hydrogen-bond acceptors (Lipinski definition) is 8. The van der Waals surface area contributed by atoms with Gasteiger partial charge in [-0.25, -0.2) is 8.78 Å². The fourth-order valence-corrected chi connectivity index (χ4v) is 5.68. The standard InChI is InChI=1S/C25H29F2N3O6/c1-30(2)15-5-12(9-29-13(7-26)8-27)21(32)19-14(15)4-10-3-11-6-16(31)20(25(28)36)24(35)18(11)22(33)17(10)23(19)34/h5,10-11,13,18,29,31-33H,3-4,6-9H2,1-2H3,(H2,28,36). The number of hydrogen-bond donors (Lipinski definition) is 5. The number of ketones is 2. The van der Waals surface area contributed by atoms with E-state index in [1.165, 1.54) is 0 Å². The van der Waals surface area contributed by atoms with Crippen molar-refractivity contribution in [2.75, 3.05) is 32.3 Å². The first-order valence-electron chi connectivity index (χ1n) is 11.7. The van der Waals surface area contributed by atoms with Crippen molar-refractivity contribution in [3.8, 4) is 5.75 Å². The number of alkyl halides is 2. The number of phenolic OH excluding ortho intramolecular Hbond substituents is 1. The summed E-state index contributed by atoms with van der Waals surface area (Å²) >= 11 is 0. The number of allylic oxidation sites excluding steroid dienone is 3. The second-order valence-electron chi connectivity index (χ2n) is 9.79. The van der Waals surface area contributed by atoms with Crippen LogP contribution < -0.4 is 16.0 Å². The third-order valence-electron chi connectivity index (χ3n) is 7.38. The summed E-state index contributed by atoms with van der Waals surface area (Å²) in [5, 5.41) is 35.1. The molecule has 0 aromatic heterocycles. The van der Waals surface area contributed by atoms with Crippen LogP contribution in [-0.2, 0) is 22.6 Å². The van der Waals surface area contributed by atoms with Crippen LogP contribution in [0.5, 0.6) is 5.75 Å². The van der Waals surface area contributed by atoms with Crippen molar-refractivity contribution < 1.29 is 38.5 Å². The van der Waals surface area contributed by atoms with E-state index >= 15 is 0 Å². The Hall–Kier alpha value is -3.47. The first kappa shape index (κ1) is 25.6. The zero-order valence-electron chi connectivity index (χ0n) is 20.0. The number of Topliss-reactive ketones (excluding diaryl/α,β-unsaturated/α-hetero) is 2. The molecule has 3 unspecified atom stereocenters. The average molecular weight is 506 g/mol. The van der Waals surface area contributed by atoms with E-state index < -0.39 is 71.7 Å². The maximum Gasteiger partial charge on any atom is 0.255 e. The lowest BCUT2D eigenvalue weighted by atomic mass is 9.62. The van der Waals surface area contributed by atoms with E-state index in [-0.39, 0.29) is 41.8 Å². The van der Waals surface area contributed by atoms with Gasteiger partial charge in [0.2, 0.25) is 0 Å². The van der Waals surface area contributed by atoms with E-state index in [0.29, 0.717) is 17.7 Å². The average Bonchev–Trinajstić information content (AvgIpc) is 2.79. The van der Waals surface area contributed by atoms with Gasteiger partial charge in [-0.15, -0.1) is 0 Å². The minimum absolute atomic E-state index is 0.0159. The molecule has 0 radical (unpaired) electrons. The molecule has 4 rings (SSSR count). The summed E-state index contributed by atoms with van der Waals surface area (Å²) in [6, 6.07) is 0.589. The Morgan fingerprint density at radius 1 is 1.19 bits per heavy atom. The van der Waals surface area contributed by atoms with Crippen molar-refractivity contribution in [2.45, 2.75) is 31.8 Å². The summed E-state index contributed by atoms with van der Waals surface area (Å²) in [4.78, 5) is 40.2. The van der Waals surface area contributed by atoms with Gasteiger partial charge < -0.3 is 31.3 Å². The molecule has 6 N–H and O–H groups in total. The van der Waals surface area contributed by atoms with Gasteiger partial charge in [-0.1, -0.05) is 0 Å². The third kappa shape index (κ3) is 4.01. The molecule has 3 atom stereocenters. The molecular formula is C25H29F2N3O6. The minimum atomic E-state index is -1.20. The summed E-state index contributed by atoms with van der Waals surface area (Å²) < 4.78 is 25.9. The van der Waals surface area contributed by atoms with Gasteiger partial charge in [-0.2, -0.15) is 0 Å². The molecule has 194 valence electrons. The van der Waals surface area contributed by atoms with Gasteiger partial charge >= 0.3 is 0 Å². The molecule has 0 saturated heterocycles. The molecule has 9 nitrogen and oxygen atoms in total. The normalized spacial score (nSPS) is 23.5. The zero-order valence-corrected chi connectivity index (χ0v) is 20.0. The van der Waals surface area contributed by atoms with E-state index in [9.17, 15) is 38.5 Å². The number of aliphatic hydroxyl groups excluding tert-OH is 2. The Morgan fingerprint density at radius 2 is 1.86 bits per heavy atom. The molecular weight excluding hydrogens is 476 g/mol. The Labute approximate surface area is 206 Å². The van der Waals surface area contributed by atoms with Gasteiger partial charge in [-0.3, -0.25) is 14.4 Å². The van der Waals surface area contributed by atoms with E-state index in [1.807, 2.05) is 0 Å². The highest BCUT2D eigenvalue weighted by Crippen LogP contribution is 2.51. The van der Waals surface area contributed by atoms with Crippen LogP contribution in [0.1, 0.15) is 34.3 Å². The first-order chi connectivity index (χ1) is 17.0. The number of benzene rings is 1. The monoisotopic (exact) mass is 505 g/mol. The van der Waals surface area contributed by atoms with Crippen LogP contribution in [0.4, 0.5) is 14.5 Å². The summed E-state index contributed by atoms with van der Waals surface area (Å²) in [5.74, 6) is -6.07. The van der Waals surface area contributed by atoms with Crippen LogP contribution in [0.3, 0.4) is 0 Å². The maximum absolute atomic E-state index is 13.7. The van der Waals surface area contributed by atoms with Gasteiger partial charge in [0.1, 0.15) is 36.2 Å². The highest BCUT2D eigenvalue weighted by molar-refractivity contribution is 6.22. The first-order valence-corrected chi connectivity index (χ1v) is 11.7. The summed E-state index contributed by atoms with van der Waals surface area (Å²) in [7, 11) is 3.52. The molecule has 3 aliphatic carbocycles. The number of phenols is 1. The number of halogens is 2. The van der Waals surface area contributed by atoms with Gasteiger partial charge in [0.25, 0.3) is 5.91 Å². The molecule has 0 heterocycles. The molecule has 11 heteroatoms. The number of carbonyl (C=O) groups is 3. The van der Waals surface area contributed by atoms with Gasteiger partial charge in [-0.05, 0) is 36.3 Å². The van der Waals surface area contributed by atoms with Crippen molar-refractivity contribution in [2.24, 2.45) is 23.5 Å². The largest absolute Gasteiger partial charge is 0.511 e. The number of carbonyl (C=O) groups excluding carboxylic acids is 3. The second-order valence-corrected chi connectivity index (χ2v) is 9.79. The van der Waals surface area contributed by atoms with E-state index in [4.69, 9.17) is 5.73 Å². The predicted octanol–water partition coefficient (Wildman–Crippen LogP) is 1.93. The highest BCUT2D eigenvalue weighted by atomic mass is 19.1. The fraction of sp³-hybridized carbons (Fsp3) is 0.480. The molecule has 0 fully saturated rings. The number of nitrogens with two attached hydrogens (primary N) is 1. The SMILES string of the molecule is CN(C)c1cc(CNC(CF)CF)c(O)c2c1CC1CC3CC(O)=C(C(N)=O)C(=O)C3C(O)=C1C2=O. The topological polar surface area (TPSA) is 153 Å². The van der Waals surface area contributed by atoms with Crippen molar-refractivity contribution in [1.82, 2.24) is 5.32 Å². The molecule has 1 aromatic rings. The maximum atomic E-state index is 13.7. The number of rotatable bonds is 7. The summed E-state index contributed by atoms with van der Waals surface area (Å²) in [6.07, 6.45) is 0.532. The van der Waals surface area contributed by atoms with Crippen molar-refractivity contribution >= 4 is 23.2 Å². The van der Waals surface area contributed by atoms with Crippen molar-refractivity contribution in [3.63, 3.8) is 0 Å². The molecule has 0 spiro atoms. The van der Waals surface area contributed by atoms with Gasteiger partial charge in [0.05, 0.1) is 17.5 Å². The number of anilines is 1. The Bertz CT molecular complexity index is 1200. The minimum Gasteiger partial charge on any atom is -0.511 e. The van der Waals surface area contributed by atoms with Crippen LogP contribution >= 0.6 is 0 Å². The molecule has 0 aliphatic heterocycles. The van der Waals surface area contributed by atoms with E-state index in [1.54, 1.807) is 25.1 Å². The molecule has 36 heavy (non-hydrogen) atoms. The van der Waals surface area contributed by atoms with Gasteiger partial charge in [0.15, 0.2) is 11.6 Å². The lowest BCUT2D eigenvalue weighted by molar-refractivity contribution is -0.126. The van der Waals surface area contributed by atoms with Crippen molar-refractivity contribution in [1.29, 1.82) is 0 Å². The highest BCUT2D eigenvalue weighted by Gasteiger charge is 2.50. The van der Waals surface area contributed by atoms with Crippen LogP contribution in [-0.4, -0.2) is 66.3 Å². The summed E-state index contributed by atoms with van der Waals surface area (Å²) in [6.45, 7) is -1.99. The van der Waals surface area contributed by atoms with Gasteiger partial charge in [0, 0.05) is 43.9 Å².